The maximum Gasteiger partial charge on any atom is 0.325 e. The zero-order valence-electron chi connectivity index (χ0n) is 37.3. The van der Waals surface area contributed by atoms with Gasteiger partial charge >= 0.3 is 17.9 Å². The van der Waals surface area contributed by atoms with Crippen molar-refractivity contribution < 1.29 is 53.2 Å². The van der Waals surface area contributed by atoms with Crippen LogP contribution in [0.25, 0.3) is 11.6 Å². The maximum absolute atomic E-state index is 13.8. The van der Waals surface area contributed by atoms with Gasteiger partial charge in [0, 0.05) is 42.2 Å². The normalized spacial score (nSPS) is 13.8. The van der Waals surface area contributed by atoms with E-state index in [-0.39, 0.29) is 61.8 Å². The lowest BCUT2D eigenvalue weighted by Gasteiger charge is -2.25. The van der Waals surface area contributed by atoms with E-state index in [9.17, 15) is 54.3 Å². The number of amides is 3. The first-order chi connectivity index (χ1) is 32.4. The van der Waals surface area contributed by atoms with E-state index in [4.69, 9.17) is 26.7 Å². The number of aliphatic imine (C=N–C) groups is 1. The molecule has 2 aromatic carbocycles. The number of rotatable bonds is 28. The van der Waals surface area contributed by atoms with Crippen LogP contribution in [0.1, 0.15) is 69.4 Å². The molecule has 0 aromatic heterocycles. The zero-order chi connectivity index (χ0) is 50.2. The molecule has 1 heterocycles. The number of hydrogen-bond acceptors (Lipinski definition) is 15. The number of fused-ring (bicyclic) bond motifs is 1. The van der Waals surface area contributed by atoms with Gasteiger partial charge in [-0.3, -0.25) is 38.6 Å². The van der Waals surface area contributed by atoms with E-state index in [0.717, 1.165) is 5.56 Å². The topological polar surface area (TPSA) is 365 Å². The van der Waals surface area contributed by atoms with Gasteiger partial charge in [-0.1, -0.05) is 42.8 Å². The number of ketones is 1. The van der Waals surface area contributed by atoms with Gasteiger partial charge in [0.05, 0.1) is 18.6 Å². The second-order valence-corrected chi connectivity index (χ2v) is 15.8. The second-order valence-electron chi connectivity index (χ2n) is 15.4. The summed E-state index contributed by atoms with van der Waals surface area (Å²) in [7, 11) is 0. The van der Waals surface area contributed by atoms with E-state index < -0.39 is 84.3 Å². The van der Waals surface area contributed by atoms with Crippen LogP contribution in [0.2, 0.25) is 0 Å². The van der Waals surface area contributed by atoms with E-state index >= 15 is 0 Å². The molecule has 0 spiro atoms. The van der Waals surface area contributed by atoms with Crippen molar-refractivity contribution in [3.8, 4) is 23.6 Å². The molecule has 0 fully saturated rings. The quantitative estimate of drug-likeness (QED) is 0.0110. The Hall–Kier alpha value is -7.53. The Morgan fingerprint density at radius 1 is 0.868 bits per heavy atom. The Kier molecular flexibility index (Phi) is 23.0. The minimum Gasteiger partial charge on any atom is -0.481 e. The van der Waals surface area contributed by atoms with Crippen molar-refractivity contribution in [1.82, 2.24) is 21.3 Å². The molecule has 1 aliphatic heterocycles. The summed E-state index contributed by atoms with van der Waals surface area (Å²) in [6.45, 7) is 1.47. The van der Waals surface area contributed by atoms with Crippen LogP contribution in [0.15, 0.2) is 77.0 Å². The highest BCUT2D eigenvalue weighted by Crippen LogP contribution is 2.35. The molecule has 1 aliphatic rings. The Morgan fingerprint density at radius 3 is 2.21 bits per heavy atom. The molecule has 2 aromatic rings. The molecule has 0 radical (unpaired) electrons. The summed E-state index contributed by atoms with van der Waals surface area (Å²) in [6, 6.07) is 12.5. The number of carboxylic acid groups (broad SMARTS) is 2. The van der Waals surface area contributed by atoms with E-state index in [1.165, 1.54) is 6.92 Å². The fraction of sp³-hybridized carbons (Fsp3) is 0.391. The molecule has 0 saturated carbocycles. The first kappa shape index (κ1) is 54.8. The molecule has 362 valence electrons. The number of esters is 1. The summed E-state index contributed by atoms with van der Waals surface area (Å²) < 4.78 is 11.4. The van der Waals surface area contributed by atoms with Gasteiger partial charge in [0.2, 0.25) is 17.7 Å². The fourth-order valence-corrected chi connectivity index (χ4v) is 6.67. The first-order valence-corrected chi connectivity index (χ1v) is 22.1. The smallest absolute Gasteiger partial charge is 0.325 e. The predicted octanol–water partition coefficient (Wildman–Crippen LogP) is 1.45. The van der Waals surface area contributed by atoms with Gasteiger partial charge in [-0.25, -0.2) is 0 Å². The number of carbonyl (C=O) groups is 7. The number of hydrogen-bond donors (Lipinski definition) is 10. The number of ether oxygens (including phenoxy) is 2. The molecule has 0 unspecified atom stereocenters. The number of carbonyl (C=O) groups excluding carboxylic acids is 5. The van der Waals surface area contributed by atoms with Crippen molar-refractivity contribution in [2.24, 2.45) is 28.1 Å². The van der Waals surface area contributed by atoms with Crippen LogP contribution in [0.5, 0.6) is 11.5 Å². The Labute approximate surface area is 398 Å². The number of nitriles is 2. The molecule has 12 N–H and O–H groups in total. The summed E-state index contributed by atoms with van der Waals surface area (Å²) in [4.78, 5) is 92.8. The largest absolute Gasteiger partial charge is 0.481 e. The van der Waals surface area contributed by atoms with Gasteiger partial charge < -0.3 is 58.2 Å². The Balaban J connectivity index is 1.59. The SMILES string of the molecule is C[C@H](NC(=O)[C@H](CCCCNCC(=O)Oc1ccc(/C=C/C2=CC(=C(C#N)C#N)c3ccccc3O2)cc1)CC(=O)[C@H](CCC(=O)O)NC(=O)[C@H](CCCN=C(N)N)NC(=O)[C@@H](N)CS)C(=O)O. The number of unbranched alkanes of at least 4 members (excludes halogenated alkanes) is 1. The number of allylic oxidation sites excluding steroid dienone is 4. The molecule has 21 nitrogen and oxygen atoms in total. The summed E-state index contributed by atoms with van der Waals surface area (Å²) in [5.74, 6) is -6.28. The number of nitrogens with one attached hydrogen (secondary N) is 4. The van der Waals surface area contributed by atoms with Crippen LogP contribution in [-0.4, -0.2) is 107 Å². The highest BCUT2D eigenvalue weighted by molar-refractivity contribution is 7.80. The number of para-hydroxylation sites is 1. The van der Waals surface area contributed by atoms with Crippen LogP contribution in [0.3, 0.4) is 0 Å². The lowest BCUT2D eigenvalue weighted by Crippen LogP contribution is -2.55. The maximum atomic E-state index is 13.8. The van der Waals surface area contributed by atoms with Crippen molar-refractivity contribution >= 4 is 71.7 Å². The van der Waals surface area contributed by atoms with Crippen molar-refractivity contribution in [1.29, 1.82) is 10.5 Å². The summed E-state index contributed by atoms with van der Waals surface area (Å²) in [6.07, 6.45) is 4.71. The molecule has 0 aliphatic carbocycles. The number of nitrogens with zero attached hydrogens (tertiary/aromatic N) is 3. The monoisotopic (exact) mass is 956 g/mol. The number of guanidine groups is 1. The van der Waals surface area contributed by atoms with Gasteiger partial charge in [-0.05, 0) is 81.5 Å². The third kappa shape index (κ3) is 18.8. The average molecular weight is 957 g/mol. The molecular formula is C46H56N10O11S. The minimum atomic E-state index is -1.41. The van der Waals surface area contributed by atoms with E-state index in [1.807, 2.05) is 12.1 Å². The third-order valence-corrected chi connectivity index (χ3v) is 10.6. The van der Waals surface area contributed by atoms with Crippen LogP contribution in [0.4, 0.5) is 0 Å². The van der Waals surface area contributed by atoms with E-state index in [1.54, 1.807) is 66.8 Å². The number of Topliss-reactive ketones (excluding diaryl/α,β-unsaturated/α-hetero) is 1. The van der Waals surface area contributed by atoms with Gasteiger partial charge in [-0.2, -0.15) is 23.2 Å². The summed E-state index contributed by atoms with van der Waals surface area (Å²) in [5, 5.41) is 48.1. The molecule has 3 rings (SSSR count). The molecular weight excluding hydrogens is 901 g/mol. The van der Waals surface area contributed by atoms with Crippen LogP contribution < -0.4 is 47.9 Å². The number of aliphatic carboxylic acids is 2. The van der Waals surface area contributed by atoms with Crippen molar-refractivity contribution in [3.05, 3.63) is 83.1 Å². The molecule has 3 amide bonds. The number of carboxylic acids is 2. The molecule has 0 saturated heterocycles. The highest BCUT2D eigenvalue weighted by Gasteiger charge is 2.32. The van der Waals surface area contributed by atoms with Crippen LogP contribution in [-0.2, 0) is 33.6 Å². The van der Waals surface area contributed by atoms with Crippen molar-refractivity contribution in [3.63, 3.8) is 0 Å². The lowest BCUT2D eigenvalue weighted by atomic mass is 9.91. The van der Waals surface area contributed by atoms with Crippen LogP contribution in [0, 0.1) is 28.6 Å². The van der Waals surface area contributed by atoms with Gasteiger partial charge in [-0.15, -0.1) is 0 Å². The van der Waals surface area contributed by atoms with Crippen LogP contribution >= 0.6 is 12.6 Å². The Bertz CT molecular complexity index is 2330. The van der Waals surface area contributed by atoms with Gasteiger partial charge in [0.15, 0.2) is 11.7 Å². The molecule has 68 heavy (non-hydrogen) atoms. The van der Waals surface area contributed by atoms with Gasteiger partial charge in [0.25, 0.3) is 0 Å². The third-order valence-electron chi connectivity index (χ3n) is 10.2. The first-order valence-electron chi connectivity index (χ1n) is 21.5. The zero-order valence-corrected chi connectivity index (χ0v) is 38.2. The van der Waals surface area contributed by atoms with E-state index in [2.05, 4.69) is 38.9 Å². The second kappa shape index (κ2) is 28.5. The molecule has 0 bridgehead atoms. The predicted molar refractivity (Wildman–Crippen MR) is 252 cm³/mol. The number of thiol groups is 1. The standard InChI is InChI=1S/C46H56N10O11S/c1-27(45(64)65)54-42(61)29(21-38(57)36(17-18-40(58)59)55-44(63)37(9-6-20-53-46(50)51)56-43(62)35(49)26-68)7-4-5-19-52-25-41(60)67-31-14-11-28(12-15-31)13-16-32-22-34(30(23-47)24-48)33-8-2-3-10-39(33)66-32/h2-3,8,10-16,22,27,29,35-37,52,68H,4-7,9,17-21,25-26,49H2,1H3,(H,54,61)(H,55,63)(H,56,62)(H,58,59)(H,64,65)(H4,50,51,53)/b16-13+/t27-,29+,35-,36-,37-/m0/s1. The van der Waals surface area contributed by atoms with Crippen molar-refractivity contribution in [2.45, 2.75) is 82.5 Å². The minimum absolute atomic E-state index is 0.00737. The summed E-state index contributed by atoms with van der Waals surface area (Å²) >= 11 is 4.01. The lowest BCUT2D eigenvalue weighted by molar-refractivity contribution is -0.142. The highest BCUT2D eigenvalue weighted by atomic mass is 32.1. The van der Waals surface area contributed by atoms with Crippen molar-refractivity contribution in [2.75, 3.05) is 25.4 Å². The van der Waals surface area contributed by atoms with Gasteiger partial charge in [0.1, 0.15) is 47.1 Å². The Morgan fingerprint density at radius 2 is 1.56 bits per heavy atom. The fourth-order valence-electron chi connectivity index (χ4n) is 6.50. The van der Waals surface area contributed by atoms with E-state index in [0.29, 0.717) is 42.0 Å². The average Bonchev–Trinajstić information content (AvgIpc) is 3.31. The summed E-state index contributed by atoms with van der Waals surface area (Å²) in [5.41, 5.74) is 18.3. The molecule has 22 heteroatoms. The number of benzene rings is 2. The number of nitrogens with two attached hydrogens (primary N) is 3. The molecule has 5 atom stereocenters.